The molecule has 0 aliphatic heterocycles. The van der Waals surface area contributed by atoms with Crippen molar-refractivity contribution in [1.29, 1.82) is 0 Å². The minimum atomic E-state index is -0.0372. The molecule has 0 fully saturated rings. The summed E-state index contributed by atoms with van der Waals surface area (Å²) < 4.78 is 0. The molecule has 0 saturated carbocycles. The van der Waals surface area contributed by atoms with E-state index < -0.39 is 0 Å². The maximum Gasteiger partial charge on any atom is 0.0499 e. The molecule has 1 atom stereocenters. The van der Waals surface area contributed by atoms with Crippen LogP contribution in [0.2, 0.25) is 0 Å². The third kappa shape index (κ3) is 2.05. The van der Waals surface area contributed by atoms with Gasteiger partial charge in [0.2, 0.25) is 0 Å². The third-order valence-corrected chi connectivity index (χ3v) is 2.48. The summed E-state index contributed by atoms with van der Waals surface area (Å²) in [5.41, 5.74) is 3.52. The summed E-state index contributed by atoms with van der Waals surface area (Å²) in [6, 6.07) is 6.05. The van der Waals surface area contributed by atoms with Gasteiger partial charge in [-0.25, -0.2) is 0 Å². The Hall–Kier alpha value is -1.08. The summed E-state index contributed by atoms with van der Waals surface area (Å²) >= 11 is 0. The Morgan fingerprint density at radius 3 is 2.71 bits per heavy atom. The van der Waals surface area contributed by atoms with E-state index in [2.05, 4.69) is 20.4 Å². The average molecular weight is 189 g/mol. The first-order valence-electron chi connectivity index (χ1n) is 4.92. The first-order chi connectivity index (χ1) is 6.74. The zero-order valence-corrected chi connectivity index (χ0v) is 8.66. The van der Waals surface area contributed by atoms with E-state index in [0.29, 0.717) is 0 Å². The summed E-state index contributed by atoms with van der Waals surface area (Å²) in [6.07, 6.45) is 2.80. The zero-order chi connectivity index (χ0) is 10.6. The lowest BCUT2D eigenvalue weighted by molar-refractivity contribution is 0.282. The first kappa shape index (κ1) is 11.0. The summed E-state index contributed by atoms with van der Waals surface area (Å²) in [5, 5.41) is 9.08. The third-order valence-electron chi connectivity index (χ3n) is 2.48. The van der Waals surface area contributed by atoms with Crippen LogP contribution in [0.4, 0.5) is 0 Å². The van der Waals surface area contributed by atoms with Crippen molar-refractivity contribution >= 4 is 6.08 Å². The monoisotopic (exact) mass is 189 g/mol. The second-order valence-electron chi connectivity index (χ2n) is 3.35. The summed E-state index contributed by atoms with van der Waals surface area (Å²) in [4.78, 5) is 0. The fraction of sp³-hybridized carbons (Fsp3) is 0.308. The van der Waals surface area contributed by atoms with Gasteiger partial charge < -0.3 is 5.11 Å². The van der Waals surface area contributed by atoms with Gasteiger partial charge in [0.15, 0.2) is 0 Å². The molecular formula is C13H17O. The highest BCUT2D eigenvalue weighted by Crippen LogP contribution is 2.23. The number of benzene rings is 1. The van der Waals surface area contributed by atoms with Crippen LogP contribution in [-0.2, 0) is 6.42 Å². The Labute approximate surface area is 86.1 Å². The van der Waals surface area contributed by atoms with E-state index in [1.165, 1.54) is 5.56 Å². The Bertz CT molecular complexity index is 315. The van der Waals surface area contributed by atoms with Crippen LogP contribution in [0.3, 0.4) is 0 Å². The highest BCUT2D eigenvalue weighted by Gasteiger charge is 2.10. The molecule has 14 heavy (non-hydrogen) atoms. The second kappa shape index (κ2) is 4.97. The molecule has 1 heteroatoms. The van der Waals surface area contributed by atoms with Gasteiger partial charge in [0.25, 0.3) is 0 Å². The Balaban J connectivity index is 3.21. The van der Waals surface area contributed by atoms with E-state index in [0.717, 1.165) is 17.5 Å². The maximum atomic E-state index is 9.08. The predicted molar refractivity (Wildman–Crippen MR) is 61.1 cm³/mol. The molecule has 1 N–H and O–H groups in total. The van der Waals surface area contributed by atoms with Crippen molar-refractivity contribution < 1.29 is 5.11 Å². The summed E-state index contributed by atoms with van der Waals surface area (Å²) in [5.74, 6) is -0.0372. The molecule has 0 saturated heterocycles. The van der Waals surface area contributed by atoms with Crippen molar-refractivity contribution in [2.75, 3.05) is 6.61 Å². The molecule has 0 spiro atoms. The van der Waals surface area contributed by atoms with Gasteiger partial charge >= 0.3 is 0 Å². The number of aliphatic hydroxyl groups excluding tert-OH is 1. The Morgan fingerprint density at radius 1 is 1.50 bits per heavy atom. The van der Waals surface area contributed by atoms with Gasteiger partial charge in [0.05, 0.1) is 0 Å². The summed E-state index contributed by atoms with van der Waals surface area (Å²) in [6.45, 7) is 9.91. The fourth-order valence-corrected chi connectivity index (χ4v) is 1.70. The quantitative estimate of drug-likeness (QED) is 0.772. The molecule has 1 aromatic carbocycles. The number of aliphatic hydroxyl groups is 1. The Morgan fingerprint density at radius 2 is 2.21 bits per heavy atom. The van der Waals surface area contributed by atoms with Crippen LogP contribution in [0.1, 0.15) is 29.5 Å². The first-order valence-corrected chi connectivity index (χ1v) is 4.92. The normalized spacial score (nSPS) is 12.5. The predicted octanol–water partition coefficient (Wildman–Crippen LogP) is 2.80. The lowest BCUT2D eigenvalue weighted by Gasteiger charge is -2.15. The van der Waals surface area contributed by atoms with Crippen LogP contribution < -0.4 is 0 Å². The molecule has 1 nitrogen and oxygen atoms in total. The van der Waals surface area contributed by atoms with Gasteiger partial charge in [-0.15, -0.1) is 0 Å². The van der Waals surface area contributed by atoms with Crippen LogP contribution in [-0.4, -0.2) is 11.7 Å². The van der Waals surface area contributed by atoms with E-state index in [1.807, 2.05) is 24.3 Å². The lowest BCUT2D eigenvalue weighted by Crippen LogP contribution is -2.04. The number of hydrogen-bond donors (Lipinski definition) is 1. The van der Waals surface area contributed by atoms with E-state index in [9.17, 15) is 0 Å². The maximum absolute atomic E-state index is 9.08. The van der Waals surface area contributed by atoms with Crippen LogP contribution in [0, 0.1) is 6.92 Å². The second-order valence-corrected chi connectivity index (χ2v) is 3.35. The van der Waals surface area contributed by atoms with E-state index >= 15 is 0 Å². The lowest BCUT2D eigenvalue weighted by atomic mass is 9.91. The molecule has 1 rings (SSSR count). The summed E-state index contributed by atoms with van der Waals surface area (Å²) in [7, 11) is 0. The van der Waals surface area contributed by atoms with Gasteiger partial charge in [-0.2, -0.15) is 0 Å². The van der Waals surface area contributed by atoms with Gasteiger partial charge in [-0.1, -0.05) is 37.8 Å². The highest BCUT2D eigenvalue weighted by molar-refractivity contribution is 5.55. The number of rotatable bonds is 4. The molecule has 0 aliphatic carbocycles. The zero-order valence-electron chi connectivity index (χ0n) is 8.66. The van der Waals surface area contributed by atoms with Crippen molar-refractivity contribution in [3.8, 4) is 0 Å². The molecule has 1 aromatic rings. The highest BCUT2D eigenvalue weighted by atomic mass is 16.3. The van der Waals surface area contributed by atoms with Gasteiger partial charge in [0.1, 0.15) is 0 Å². The average Bonchev–Trinajstić information content (AvgIpc) is 2.26. The van der Waals surface area contributed by atoms with Crippen molar-refractivity contribution in [2.24, 2.45) is 0 Å². The van der Waals surface area contributed by atoms with Crippen molar-refractivity contribution in [2.45, 2.75) is 19.3 Å². The van der Waals surface area contributed by atoms with Crippen molar-refractivity contribution in [1.82, 2.24) is 0 Å². The molecule has 0 aromatic heterocycles. The smallest absolute Gasteiger partial charge is 0.0499 e. The number of hydrogen-bond acceptors (Lipinski definition) is 1. The largest absolute Gasteiger partial charge is 0.396 e. The van der Waals surface area contributed by atoms with Crippen LogP contribution in [0.15, 0.2) is 24.8 Å². The molecule has 1 radical (unpaired) electrons. The SMILES string of the molecule is [CH2]C(CO)c1cccc(C=C)c1CC. The molecular weight excluding hydrogens is 172 g/mol. The molecule has 75 valence electrons. The van der Waals surface area contributed by atoms with E-state index in [-0.39, 0.29) is 12.5 Å². The minimum absolute atomic E-state index is 0.0372. The molecule has 0 heterocycles. The Kier molecular flexibility index (Phi) is 3.90. The van der Waals surface area contributed by atoms with Crippen LogP contribution in [0.25, 0.3) is 6.08 Å². The molecule has 0 aliphatic rings. The van der Waals surface area contributed by atoms with Crippen LogP contribution in [0.5, 0.6) is 0 Å². The molecule has 1 unspecified atom stereocenters. The molecule has 0 bridgehead atoms. The van der Waals surface area contributed by atoms with E-state index in [4.69, 9.17) is 5.11 Å². The van der Waals surface area contributed by atoms with Crippen molar-refractivity contribution in [3.63, 3.8) is 0 Å². The fourth-order valence-electron chi connectivity index (χ4n) is 1.70. The van der Waals surface area contributed by atoms with Gasteiger partial charge in [-0.05, 0) is 30.0 Å². The minimum Gasteiger partial charge on any atom is -0.396 e. The topological polar surface area (TPSA) is 20.2 Å². The standard InChI is InChI=1S/C13H17O/c1-4-11-7-6-8-13(10(3)9-14)12(11)5-2/h4,6-8,10,14H,1,3,5,9H2,2H3. The van der Waals surface area contributed by atoms with E-state index in [1.54, 1.807) is 0 Å². The van der Waals surface area contributed by atoms with Crippen molar-refractivity contribution in [3.05, 3.63) is 48.4 Å². The van der Waals surface area contributed by atoms with Gasteiger partial charge in [0, 0.05) is 12.5 Å². The van der Waals surface area contributed by atoms with Crippen LogP contribution >= 0.6 is 0 Å². The van der Waals surface area contributed by atoms with Gasteiger partial charge in [-0.3, -0.25) is 0 Å². The molecule has 0 amide bonds.